The van der Waals surface area contributed by atoms with Crippen LogP contribution in [-0.2, 0) is 6.54 Å². The fourth-order valence-electron chi connectivity index (χ4n) is 3.21. The summed E-state index contributed by atoms with van der Waals surface area (Å²) in [7, 11) is 2.18. The number of aromatic nitrogens is 1. The van der Waals surface area contributed by atoms with Gasteiger partial charge in [0.2, 0.25) is 0 Å². The minimum absolute atomic E-state index is 0.0320. The molecule has 2 rings (SSSR count). The second kappa shape index (κ2) is 6.13. The van der Waals surface area contributed by atoms with Gasteiger partial charge in [-0.1, -0.05) is 6.92 Å². The van der Waals surface area contributed by atoms with E-state index in [1.165, 1.54) is 12.8 Å². The molecule has 1 fully saturated rings. The number of halogens is 1. The van der Waals surface area contributed by atoms with Crippen molar-refractivity contribution in [1.82, 2.24) is 9.47 Å². The number of hydrogen-bond donors (Lipinski definition) is 0. The van der Waals surface area contributed by atoms with Gasteiger partial charge in [0.1, 0.15) is 0 Å². The zero-order chi connectivity index (χ0) is 15.8. The first-order valence-electron chi connectivity index (χ1n) is 7.77. The van der Waals surface area contributed by atoms with Crippen LogP contribution in [0, 0.1) is 19.3 Å². The highest BCUT2D eigenvalue weighted by Gasteiger charge is 2.31. The Morgan fingerprint density at radius 1 is 1.38 bits per heavy atom. The maximum Gasteiger partial charge on any atom is 0.182 e. The third-order valence-electron chi connectivity index (χ3n) is 4.93. The Kier molecular flexibility index (Phi) is 4.84. The number of likely N-dealkylation sites (tertiary alicyclic amines) is 1. The van der Waals surface area contributed by atoms with Crippen molar-refractivity contribution in [2.24, 2.45) is 5.41 Å². The third-order valence-corrected chi connectivity index (χ3v) is 5.13. The number of alkyl halides is 1. The Morgan fingerprint density at radius 3 is 2.48 bits per heavy atom. The van der Waals surface area contributed by atoms with E-state index >= 15 is 0 Å². The number of piperidine rings is 1. The van der Waals surface area contributed by atoms with Gasteiger partial charge in [0.25, 0.3) is 0 Å². The van der Waals surface area contributed by atoms with E-state index in [-0.39, 0.29) is 5.78 Å². The summed E-state index contributed by atoms with van der Waals surface area (Å²) in [5, 5.41) is -0.460. The van der Waals surface area contributed by atoms with Gasteiger partial charge < -0.3 is 9.47 Å². The number of rotatable bonds is 4. The molecule has 0 radical (unpaired) electrons. The topological polar surface area (TPSA) is 25.2 Å². The molecule has 1 saturated heterocycles. The number of ketones is 1. The summed E-state index contributed by atoms with van der Waals surface area (Å²) in [5.74, 6) is 0.0320. The molecule has 2 heterocycles. The molecule has 1 unspecified atom stereocenters. The minimum atomic E-state index is -0.460. The number of hydrogen-bond acceptors (Lipinski definition) is 2. The Bertz CT molecular complexity index is 525. The highest BCUT2D eigenvalue weighted by molar-refractivity contribution is 6.33. The Balaban J connectivity index is 2.23. The van der Waals surface area contributed by atoms with Crippen molar-refractivity contribution in [2.75, 3.05) is 20.1 Å². The van der Waals surface area contributed by atoms with Crippen molar-refractivity contribution in [1.29, 1.82) is 0 Å². The maximum absolute atomic E-state index is 12.2. The van der Waals surface area contributed by atoms with E-state index in [1.54, 1.807) is 6.92 Å². The van der Waals surface area contributed by atoms with Gasteiger partial charge in [0.05, 0.1) is 5.38 Å². The summed E-state index contributed by atoms with van der Waals surface area (Å²) in [6, 6.07) is 1.99. The lowest BCUT2D eigenvalue weighted by Crippen LogP contribution is -2.38. The van der Waals surface area contributed by atoms with Crippen LogP contribution in [0.15, 0.2) is 6.07 Å². The van der Waals surface area contributed by atoms with Crippen molar-refractivity contribution >= 4 is 17.4 Å². The molecule has 1 aliphatic rings. The molecule has 0 aromatic carbocycles. The number of carbonyl (C=O) groups is 1. The van der Waals surface area contributed by atoms with Gasteiger partial charge in [-0.3, -0.25) is 4.79 Å². The van der Waals surface area contributed by atoms with E-state index in [0.717, 1.165) is 36.6 Å². The van der Waals surface area contributed by atoms with Crippen LogP contribution in [0.3, 0.4) is 0 Å². The van der Waals surface area contributed by atoms with Crippen LogP contribution in [0.5, 0.6) is 0 Å². The Morgan fingerprint density at radius 2 is 1.95 bits per heavy atom. The molecule has 1 atom stereocenters. The van der Waals surface area contributed by atoms with E-state index in [4.69, 9.17) is 11.6 Å². The molecule has 0 amide bonds. The van der Waals surface area contributed by atoms with E-state index in [9.17, 15) is 4.79 Å². The number of aryl methyl sites for hydroxylation is 1. The predicted molar refractivity (Wildman–Crippen MR) is 88.4 cm³/mol. The molecule has 3 nitrogen and oxygen atoms in total. The number of Topliss-reactive ketones (excluding diaryl/α,β-unsaturated/α-hetero) is 1. The lowest BCUT2D eigenvalue weighted by atomic mass is 9.80. The maximum atomic E-state index is 12.2. The molecule has 0 saturated carbocycles. The van der Waals surface area contributed by atoms with Gasteiger partial charge >= 0.3 is 0 Å². The molecule has 1 aromatic heterocycles. The molecule has 1 aromatic rings. The Labute approximate surface area is 133 Å². The summed E-state index contributed by atoms with van der Waals surface area (Å²) >= 11 is 5.97. The molecule has 118 valence electrons. The highest BCUT2D eigenvalue weighted by atomic mass is 35.5. The van der Waals surface area contributed by atoms with Gasteiger partial charge in [-0.15, -0.1) is 11.6 Å². The van der Waals surface area contributed by atoms with Gasteiger partial charge in [0, 0.05) is 23.5 Å². The van der Waals surface area contributed by atoms with Crippen molar-refractivity contribution in [3.63, 3.8) is 0 Å². The zero-order valence-corrected chi connectivity index (χ0v) is 14.6. The van der Waals surface area contributed by atoms with Gasteiger partial charge in [-0.25, -0.2) is 0 Å². The molecule has 0 aliphatic carbocycles. The van der Waals surface area contributed by atoms with E-state index in [2.05, 4.69) is 30.4 Å². The second-order valence-electron chi connectivity index (χ2n) is 6.97. The fourth-order valence-corrected chi connectivity index (χ4v) is 3.32. The fraction of sp³-hybridized carbons (Fsp3) is 0.706. The summed E-state index contributed by atoms with van der Waals surface area (Å²) in [5.41, 5.74) is 3.32. The van der Waals surface area contributed by atoms with Gasteiger partial charge in [0.15, 0.2) is 5.78 Å². The summed E-state index contributed by atoms with van der Waals surface area (Å²) < 4.78 is 2.30. The first-order chi connectivity index (χ1) is 9.73. The van der Waals surface area contributed by atoms with Crippen LogP contribution in [-0.4, -0.2) is 40.8 Å². The molecule has 0 bridgehead atoms. The molecular formula is C17H27ClN2O. The normalized spacial score (nSPS) is 20.5. The second-order valence-corrected chi connectivity index (χ2v) is 7.62. The van der Waals surface area contributed by atoms with Crippen LogP contribution < -0.4 is 0 Å². The number of carbonyl (C=O) groups excluding carboxylic acids is 1. The highest BCUT2D eigenvalue weighted by Crippen LogP contribution is 2.34. The third kappa shape index (κ3) is 3.51. The lowest BCUT2D eigenvalue weighted by molar-refractivity contribution is 0.0989. The summed E-state index contributed by atoms with van der Waals surface area (Å²) in [6.07, 6.45) is 2.41. The molecule has 0 N–H and O–H groups in total. The first kappa shape index (κ1) is 16.6. The van der Waals surface area contributed by atoms with Crippen molar-refractivity contribution in [3.05, 3.63) is 23.0 Å². The van der Waals surface area contributed by atoms with E-state index in [1.807, 2.05) is 13.0 Å². The minimum Gasteiger partial charge on any atom is -0.348 e. The van der Waals surface area contributed by atoms with E-state index < -0.39 is 5.38 Å². The van der Waals surface area contributed by atoms with E-state index in [0.29, 0.717) is 5.41 Å². The van der Waals surface area contributed by atoms with Crippen molar-refractivity contribution in [3.8, 4) is 0 Å². The summed E-state index contributed by atoms with van der Waals surface area (Å²) in [4.78, 5) is 14.6. The molecule has 1 aliphatic heterocycles. The van der Waals surface area contributed by atoms with Crippen LogP contribution in [0.2, 0.25) is 0 Å². The van der Waals surface area contributed by atoms with Crippen molar-refractivity contribution < 1.29 is 4.79 Å². The van der Waals surface area contributed by atoms with Crippen LogP contribution in [0.25, 0.3) is 0 Å². The summed E-state index contributed by atoms with van der Waals surface area (Å²) in [6.45, 7) is 11.5. The standard InChI is InChI=1S/C17H27ClN2O/c1-12-10-15(16(21)13(2)18)14(3)20(12)11-17(4)6-8-19(5)9-7-17/h10,13H,6-9,11H2,1-5H3. The molecular weight excluding hydrogens is 284 g/mol. The average molecular weight is 311 g/mol. The SMILES string of the molecule is Cc1cc(C(=O)C(C)Cl)c(C)n1CC1(C)CCN(C)CC1. The van der Waals surface area contributed by atoms with Crippen LogP contribution in [0.1, 0.15) is 48.4 Å². The number of nitrogens with zero attached hydrogens (tertiary/aromatic N) is 2. The predicted octanol–water partition coefficient (Wildman–Crippen LogP) is 3.65. The monoisotopic (exact) mass is 310 g/mol. The average Bonchev–Trinajstić information content (AvgIpc) is 2.69. The van der Waals surface area contributed by atoms with Crippen LogP contribution >= 0.6 is 11.6 Å². The zero-order valence-electron chi connectivity index (χ0n) is 13.9. The van der Waals surface area contributed by atoms with Crippen molar-refractivity contribution in [2.45, 2.75) is 52.5 Å². The van der Waals surface area contributed by atoms with Gasteiger partial charge in [-0.05, 0) is 65.2 Å². The Hall–Kier alpha value is -0.800. The van der Waals surface area contributed by atoms with Crippen LogP contribution in [0.4, 0.5) is 0 Å². The largest absolute Gasteiger partial charge is 0.348 e. The molecule has 4 heteroatoms. The molecule has 0 spiro atoms. The smallest absolute Gasteiger partial charge is 0.182 e. The lowest BCUT2D eigenvalue weighted by Gasteiger charge is -2.38. The first-order valence-corrected chi connectivity index (χ1v) is 8.21. The van der Waals surface area contributed by atoms with Gasteiger partial charge in [-0.2, -0.15) is 0 Å². The quantitative estimate of drug-likeness (QED) is 0.626. The molecule has 21 heavy (non-hydrogen) atoms.